The second kappa shape index (κ2) is 132. The summed E-state index contributed by atoms with van der Waals surface area (Å²) in [5.74, 6) is 1.57. The van der Waals surface area contributed by atoms with Crippen molar-refractivity contribution in [1.29, 1.82) is 0 Å². The zero-order valence-electron chi connectivity index (χ0n) is 76.4. The smallest absolute Gasteiger partial charge is 0.789 e. The molecule has 0 atom stereocenters. The first kappa shape index (κ1) is 135. The van der Waals surface area contributed by atoms with Crippen LogP contribution < -0.4 is 0 Å². The summed E-state index contributed by atoms with van der Waals surface area (Å²) < 4.78 is 19.9. The number of unbranched alkanes of at least 4 members (excludes halogenated alkanes) is 64. The van der Waals surface area contributed by atoms with Crippen LogP contribution in [0.5, 0.6) is 0 Å². The maximum Gasteiger partial charge on any atom is 2.00 e. The van der Waals surface area contributed by atoms with E-state index in [1.165, 1.54) is 385 Å². The van der Waals surface area contributed by atoms with Crippen LogP contribution in [-0.4, -0.2) is 121 Å². The van der Waals surface area contributed by atoms with Crippen LogP contribution in [0.2, 0.25) is 0 Å². The Morgan fingerprint density at radius 2 is 0.291 bits per heavy atom. The number of rotatable bonds is 88. The van der Waals surface area contributed by atoms with Crippen molar-refractivity contribution in [2.24, 2.45) is 0 Å². The van der Waals surface area contributed by atoms with Gasteiger partial charge in [-0.3, -0.25) is 19.2 Å². The van der Waals surface area contributed by atoms with Crippen molar-refractivity contribution >= 4 is 136 Å². The molecule has 0 saturated heterocycles. The third-order valence-corrected chi connectivity index (χ3v) is 21.6. The molecule has 0 heterocycles. The molecule has 0 aliphatic heterocycles. The zero-order chi connectivity index (χ0) is 82.2. The molecule has 15 heteroatoms. The summed E-state index contributed by atoms with van der Waals surface area (Å²) in [6, 6.07) is 0. The largest absolute Gasteiger partial charge is 2.00 e. The number of carbonyl (C=O) groups excluding carboxylic acids is 4. The molecule has 0 saturated carbocycles. The molecular weight excluding hydrogens is 1750 g/mol. The van der Waals surface area contributed by atoms with Crippen molar-refractivity contribution in [3.05, 3.63) is 48.6 Å². The van der Waals surface area contributed by atoms with E-state index in [9.17, 15) is 19.2 Å². The molecule has 0 aromatic rings. The number of esters is 4. The summed E-state index contributed by atoms with van der Waals surface area (Å²) in [6.45, 7) is 10.7. The van der Waals surface area contributed by atoms with Crippen LogP contribution in [-0.2, 0) is 88.6 Å². The second-order valence-corrected chi connectivity index (χ2v) is 33.7. The predicted molar refractivity (Wildman–Crippen MR) is 538 cm³/mol. The Morgan fingerprint density at radius 1 is 0.188 bits per heavy atom. The molecule has 0 fully saturated rings. The number of hydrogen-bond donors (Lipinski definition) is 0. The van der Waals surface area contributed by atoms with E-state index in [2.05, 4.69) is 76.3 Å². The normalized spacial score (nSPS) is 10.9. The fourth-order valence-corrected chi connectivity index (χ4v) is 14.1. The fraction of sp³-hybridized carbons (Fsp3) is 0.882. The van der Waals surface area contributed by atoms with Crippen molar-refractivity contribution < 1.29 is 38.1 Å². The van der Waals surface area contributed by atoms with Crippen LogP contribution in [0.3, 0.4) is 0 Å². The van der Waals surface area contributed by atoms with E-state index in [0.29, 0.717) is 75.1 Å². The van der Waals surface area contributed by atoms with Crippen LogP contribution in [0.15, 0.2) is 48.6 Å². The van der Waals surface area contributed by atoms with Gasteiger partial charge in [0.25, 0.3) is 0 Å². The molecule has 0 bridgehead atoms. The minimum atomic E-state index is -0.101. The first-order chi connectivity index (χ1) is 55.2. The van der Waals surface area contributed by atoms with Gasteiger partial charge in [-0.15, -0.1) is 23.0 Å². The molecule has 0 aromatic carbocycles. The monoisotopic (exact) mass is 1950 g/mol. The van der Waals surface area contributed by atoms with Crippen molar-refractivity contribution in [3.8, 4) is 0 Å². The third-order valence-electron chi connectivity index (χ3n) is 21.0. The number of carbonyl (C=O) groups is 4. The molecule has 0 aliphatic carbocycles. The minimum Gasteiger partial charge on any atom is -0.789 e. The summed E-state index contributed by atoms with van der Waals surface area (Å²) in [7, 11) is 0. The van der Waals surface area contributed by atoms with Crippen LogP contribution in [0.4, 0.5) is 0 Å². The molecule has 0 aliphatic rings. The van der Waals surface area contributed by atoms with E-state index >= 15 is 0 Å². The van der Waals surface area contributed by atoms with Gasteiger partial charge < -0.3 is 69.5 Å². The maximum absolute atomic E-state index is 11.3. The summed E-state index contributed by atoms with van der Waals surface area (Å²) in [4.78, 5) is 45.2. The van der Waals surface area contributed by atoms with Gasteiger partial charge in [-0.1, -0.05) is 425 Å². The van der Waals surface area contributed by atoms with Gasteiger partial charge in [0.05, 0.1) is 26.4 Å². The van der Waals surface area contributed by atoms with Gasteiger partial charge in [0, 0.05) is 25.7 Å². The predicted octanol–water partition coefficient (Wildman–Crippen LogP) is 32.9. The van der Waals surface area contributed by atoms with Gasteiger partial charge in [0.1, 0.15) is 0 Å². The molecule has 0 amide bonds. The first-order valence-electron chi connectivity index (χ1n) is 48.8. The van der Waals surface area contributed by atoms with Gasteiger partial charge in [-0.25, -0.2) is 0 Å². The van der Waals surface area contributed by atoms with E-state index in [1.807, 2.05) is 0 Å². The third kappa shape index (κ3) is 140. The fourth-order valence-electron chi connectivity index (χ4n) is 13.8. The van der Waals surface area contributed by atoms with Crippen LogP contribution in [0.1, 0.15) is 531 Å². The van der Waals surface area contributed by atoms with Crippen LogP contribution in [0, 0.1) is 0 Å². The van der Waals surface area contributed by atoms with Gasteiger partial charge in [0.2, 0.25) is 0 Å². The van der Waals surface area contributed by atoms with E-state index in [4.69, 9.17) is 69.5 Å². The SMILES string of the molecule is C.C.CCCCCCCCCCCCCCCC/C=C/CCCCC(=O)OCC[S-].CCCCCCCCCCCCCCCC/C=C/CCCCC(=O)OCC[S-].CCCCCCCCCCCCCCCC/C=C/CCCCC(=O)OCC[S-].CCCCCCCCCCCCCCCC/C=C/CCCCC(=O)OCC[S-].S.[Sn+2].[Sn+2]. The van der Waals surface area contributed by atoms with Crippen LogP contribution in [0.25, 0.3) is 0 Å². The van der Waals surface area contributed by atoms with E-state index in [0.717, 1.165) is 77.0 Å². The van der Waals surface area contributed by atoms with Crippen molar-refractivity contribution in [3.63, 3.8) is 0 Å². The van der Waals surface area contributed by atoms with Gasteiger partial charge in [-0.2, -0.15) is 13.5 Å². The Morgan fingerprint density at radius 3 is 0.402 bits per heavy atom. The average Bonchev–Trinajstić information content (AvgIpc) is 1.08. The van der Waals surface area contributed by atoms with E-state index in [-0.39, 0.29) is 100 Å². The Hall–Kier alpha value is 0.187. The summed E-state index contributed by atoms with van der Waals surface area (Å²) in [6.07, 6.45) is 117. The molecular formula is C102H198O8S5Sn2. The van der Waals surface area contributed by atoms with Crippen LogP contribution >= 0.6 is 13.5 Å². The average molecular weight is 1950 g/mol. The quantitative estimate of drug-likeness (QED) is 0.0145. The first-order valence-corrected chi connectivity index (χ1v) is 51.1. The number of allylic oxidation sites excluding steroid dienone is 8. The molecule has 0 spiro atoms. The molecule has 0 aromatic heterocycles. The molecule has 117 heavy (non-hydrogen) atoms. The van der Waals surface area contributed by atoms with E-state index < -0.39 is 0 Å². The molecule has 4 radical (unpaired) electrons. The summed E-state index contributed by atoms with van der Waals surface area (Å²) in [5, 5.41) is 0. The Balaban J connectivity index is -0.000000187. The second-order valence-electron chi connectivity index (χ2n) is 32.1. The Labute approximate surface area is 795 Å². The van der Waals surface area contributed by atoms with Gasteiger partial charge >= 0.3 is 71.7 Å². The molecule has 0 rings (SSSR count). The van der Waals surface area contributed by atoms with Crippen molar-refractivity contribution in [2.75, 3.05) is 49.4 Å². The molecule has 8 nitrogen and oxygen atoms in total. The Kier molecular flexibility index (Phi) is 152. The topological polar surface area (TPSA) is 105 Å². The van der Waals surface area contributed by atoms with E-state index in [1.54, 1.807) is 0 Å². The molecule has 692 valence electrons. The Bertz CT molecular complexity index is 1650. The van der Waals surface area contributed by atoms with Crippen molar-refractivity contribution in [2.45, 2.75) is 531 Å². The van der Waals surface area contributed by atoms with Gasteiger partial charge in [0.15, 0.2) is 0 Å². The molecule has 0 unspecified atom stereocenters. The minimum absolute atomic E-state index is 0. The standard InChI is InChI=1S/4C25H48O2S.2CH4.H2S.2Sn/c4*1-2-3-4-5-6-7-8-9-10-11-12-13-14-15-16-17-18-19-20-21-22-25(26)27-23-24-28;;;;;/h4*17-18,28H,2-16,19-24H2,1H3;2*1H4;1H2;;/q;;;;;;;2*+2/p-4/b4*18-17+;;;;;. The zero-order valence-corrected chi connectivity index (χ0v) is 86.4. The summed E-state index contributed by atoms with van der Waals surface area (Å²) in [5.41, 5.74) is 0. The number of hydrogen-bond acceptors (Lipinski definition) is 12. The number of ether oxygens (including phenoxy) is 4. The molecule has 0 N–H and O–H groups in total. The van der Waals surface area contributed by atoms with Crippen molar-refractivity contribution in [1.82, 2.24) is 0 Å². The maximum atomic E-state index is 11.3. The van der Waals surface area contributed by atoms with Gasteiger partial charge in [-0.05, 0) is 128 Å². The summed E-state index contributed by atoms with van der Waals surface area (Å²) >= 11 is 19.0.